The van der Waals surface area contributed by atoms with Gasteiger partial charge in [-0.2, -0.15) is 0 Å². The maximum absolute atomic E-state index is 13.4. The number of rotatable bonds is 1. The molecule has 1 amide bonds. The second-order valence-corrected chi connectivity index (χ2v) is 3.58. The van der Waals surface area contributed by atoms with Gasteiger partial charge in [-0.05, 0) is 18.6 Å². The van der Waals surface area contributed by atoms with E-state index in [2.05, 4.69) is 0 Å². The topological polar surface area (TPSA) is 20.3 Å². The second-order valence-electron chi connectivity index (χ2n) is 3.58. The lowest BCUT2D eigenvalue weighted by atomic mass is 10.1. The molecular formula is C12H9F2NO. The maximum atomic E-state index is 13.4. The summed E-state index contributed by atoms with van der Waals surface area (Å²) in [6.07, 6.45) is 6.10. The molecule has 1 heterocycles. The van der Waals surface area contributed by atoms with E-state index >= 15 is 0 Å². The lowest BCUT2D eigenvalue weighted by molar-refractivity contribution is -0.117. The summed E-state index contributed by atoms with van der Waals surface area (Å²) in [4.78, 5) is 12.8. The number of amides is 1. The molecule has 2 rings (SSSR count). The minimum Gasteiger partial charge on any atom is -0.312 e. The molecule has 4 heteroatoms. The fourth-order valence-corrected chi connectivity index (χ4v) is 1.77. The van der Waals surface area contributed by atoms with Crippen LogP contribution in [0.25, 0.3) is 0 Å². The van der Waals surface area contributed by atoms with Gasteiger partial charge in [0.05, 0.1) is 5.56 Å². The summed E-state index contributed by atoms with van der Waals surface area (Å²) >= 11 is 0. The third-order valence-electron chi connectivity index (χ3n) is 2.56. The highest BCUT2D eigenvalue weighted by Gasteiger charge is 2.23. The van der Waals surface area contributed by atoms with E-state index in [9.17, 15) is 13.6 Å². The predicted octanol–water partition coefficient (Wildman–Crippen LogP) is 2.07. The average Bonchev–Trinajstić information content (AvgIpc) is 2.64. The summed E-state index contributed by atoms with van der Waals surface area (Å²) in [5.74, 6) is 0.205. The monoisotopic (exact) mass is 221 g/mol. The normalized spacial score (nSPS) is 15.3. The zero-order valence-corrected chi connectivity index (χ0v) is 8.46. The number of terminal acetylenes is 1. The molecule has 1 aromatic rings. The fourth-order valence-electron chi connectivity index (χ4n) is 1.77. The first-order chi connectivity index (χ1) is 7.63. The van der Waals surface area contributed by atoms with Gasteiger partial charge in [-0.15, -0.1) is 6.42 Å². The van der Waals surface area contributed by atoms with Gasteiger partial charge < -0.3 is 4.90 Å². The van der Waals surface area contributed by atoms with Crippen molar-refractivity contribution >= 4 is 11.6 Å². The zero-order chi connectivity index (χ0) is 11.7. The average molecular weight is 221 g/mol. The molecule has 0 bridgehead atoms. The number of anilines is 1. The molecule has 0 N–H and O–H groups in total. The van der Waals surface area contributed by atoms with Crippen LogP contribution in [0.2, 0.25) is 0 Å². The molecule has 0 radical (unpaired) electrons. The second kappa shape index (κ2) is 3.93. The molecule has 2 nitrogen and oxygen atoms in total. The molecule has 1 fully saturated rings. The van der Waals surface area contributed by atoms with Crippen molar-refractivity contribution < 1.29 is 13.6 Å². The molecule has 82 valence electrons. The third-order valence-corrected chi connectivity index (χ3v) is 2.56. The summed E-state index contributed by atoms with van der Waals surface area (Å²) in [6, 6.07) is 2.20. The van der Waals surface area contributed by atoms with Crippen LogP contribution in [0.3, 0.4) is 0 Å². The Kier molecular flexibility index (Phi) is 2.61. The number of nitrogens with zero attached hydrogens (tertiary/aromatic N) is 1. The lowest BCUT2D eigenvalue weighted by Crippen LogP contribution is -2.24. The van der Waals surface area contributed by atoms with Crippen molar-refractivity contribution in [2.45, 2.75) is 12.8 Å². The van der Waals surface area contributed by atoms with Crippen molar-refractivity contribution in [1.82, 2.24) is 0 Å². The van der Waals surface area contributed by atoms with Gasteiger partial charge in [0.15, 0.2) is 0 Å². The lowest BCUT2D eigenvalue weighted by Gasteiger charge is -2.16. The van der Waals surface area contributed by atoms with E-state index in [4.69, 9.17) is 6.42 Å². The molecule has 1 saturated heterocycles. The summed E-state index contributed by atoms with van der Waals surface area (Å²) < 4.78 is 26.7. The Balaban J connectivity index is 2.44. The Labute approximate surface area is 91.9 Å². The SMILES string of the molecule is C#Cc1c(F)cc(N2CCCC2=O)cc1F. The summed E-state index contributed by atoms with van der Waals surface area (Å²) in [5, 5.41) is 0. The third kappa shape index (κ3) is 1.65. The number of halogens is 2. The highest BCUT2D eigenvalue weighted by molar-refractivity contribution is 5.95. The maximum Gasteiger partial charge on any atom is 0.227 e. The quantitative estimate of drug-likeness (QED) is 0.665. The predicted molar refractivity (Wildman–Crippen MR) is 55.9 cm³/mol. The van der Waals surface area contributed by atoms with Crippen molar-refractivity contribution in [3.8, 4) is 12.3 Å². The molecule has 1 aromatic carbocycles. The first kappa shape index (κ1) is 10.6. The number of hydrogen-bond acceptors (Lipinski definition) is 1. The largest absolute Gasteiger partial charge is 0.312 e. The van der Waals surface area contributed by atoms with Crippen LogP contribution in [0.1, 0.15) is 18.4 Å². The Bertz CT molecular complexity index is 467. The van der Waals surface area contributed by atoms with Crippen LogP contribution in [0.4, 0.5) is 14.5 Å². The van der Waals surface area contributed by atoms with Crippen LogP contribution >= 0.6 is 0 Å². The minimum absolute atomic E-state index is 0.118. The van der Waals surface area contributed by atoms with Crippen LogP contribution in [0.15, 0.2) is 12.1 Å². The van der Waals surface area contributed by atoms with Crippen LogP contribution < -0.4 is 4.90 Å². The smallest absolute Gasteiger partial charge is 0.227 e. The van der Waals surface area contributed by atoms with Gasteiger partial charge in [0.2, 0.25) is 5.91 Å². The molecular weight excluding hydrogens is 212 g/mol. The molecule has 16 heavy (non-hydrogen) atoms. The first-order valence-electron chi connectivity index (χ1n) is 4.89. The summed E-state index contributed by atoms with van der Waals surface area (Å²) in [5.41, 5.74) is -0.160. The van der Waals surface area contributed by atoms with Gasteiger partial charge in [-0.1, -0.05) is 5.92 Å². The van der Waals surface area contributed by atoms with Crippen molar-refractivity contribution in [3.05, 3.63) is 29.3 Å². The van der Waals surface area contributed by atoms with Gasteiger partial charge >= 0.3 is 0 Å². The van der Waals surface area contributed by atoms with Crippen LogP contribution in [0.5, 0.6) is 0 Å². The molecule has 1 aliphatic heterocycles. The Hall–Kier alpha value is -1.89. The van der Waals surface area contributed by atoms with E-state index < -0.39 is 17.2 Å². The molecule has 0 aliphatic carbocycles. The molecule has 0 unspecified atom stereocenters. The highest BCUT2D eigenvalue weighted by Crippen LogP contribution is 2.25. The van der Waals surface area contributed by atoms with Gasteiger partial charge in [0.25, 0.3) is 0 Å². The van der Waals surface area contributed by atoms with Crippen molar-refractivity contribution in [2.24, 2.45) is 0 Å². The molecule has 0 spiro atoms. The number of hydrogen-bond donors (Lipinski definition) is 0. The number of carbonyl (C=O) groups is 1. The minimum atomic E-state index is -0.808. The van der Waals surface area contributed by atoms with Gasteiger partial charge in [0.1, 0.15) is 11.6 Å². The van der Waals surface area contributed by atoms with E-state index in [-0.39, 0.29) is 11.6 Å². The fraction of sp³-hybridized carbons (Fsp3) is 0.250. The standard InChI is InChI=1S/C12H9F2NO/c1-2-9-10(13)6-8(7-11(9)14)15-5-3-4-12(15)16/h1,6-7H,3-5H2. The van der Waals surface area contributed by atoms with E-state index in [0.717, 1.165) is 12.1 Å². The van der Waals surface area contributed by atoms with E-state index in [0.29, 0.717) is 19.4 Å². The van der Waals surface area contributed by atoms with Crippen molar-refractivity contribution in [3.63, 3.8) is 0 Å². The Morgan fingerprint density at radius 3 is 2.38 bits per heavy atom. The van der Waals surface area contributed by atoms with Crippen LogP contribution in [-0.2, 0) is 4.79 Å². The van der Waals surface area contributed by atoms with Gasteiger partial charge in [0, 0.05) is 18.7 Å². The first-order valence-corrected chi connectivity index (χ1v) is 4.89. The highest BCUT2D eigenvalue weighted by atomic mass is 19.1. The molecule has 0 aromatic heterocycles. The molecule has 0 saturated carbocycles. The van der Waals surface area contributed by atoms with Crippen LogP contribution in [0, 0.1) is 24.0 Å². The van der Waals surface area contributed by atoms with Crippen LogP contribution in [-0.4, -0.2) is 12.5 Å². The summed E-state index contributed by atoms with van der Waals surface area (Å²) in [6.45, 7) is 0.493. The van der Waals surface area contributed by atoms with E-state index in [1.165, 1.54) is 4.90 Å². The zero-order valence-electron chi connectivity index (χ0n) is 8.46. The number of carbonyl (C=O) groups excluding carboxylic acids is 1. The van der Waals surface area contributed by atoms with Gasteiger partial charge in [-0.3, -0.25) is 4.79 Å². The Morgan fingerprint density at radius 1 is 1.31 bits per heavy atom. The molecule has 1 aliphatic rings. The molecule has 0 atom stereocenters. The van der Waals surface area contributed by atoms with Crippen molar-refractivity contribution in [2.75, 3.05) is 11.4 Å². The summed E-state index contributed by atoms with van der Waals surface area (Å²) in [7, 11) is 0. The van der Waals surface area contributed by atoms with E-state index in [1.54, 1.807) is 0 Å². The van der Waals surface area contributed by atoms with E-state index in [1.807, 2.05) is 5.92 Å². The van der Waals surface area contributed by atoms with Crippen molar-refractivity contribution in [1.29, 1.82) is 0 Å². The van der Waals surface area contributed by atoms with Gasteiger partial charge in [-0.25, -0.2) is 8.78 Å². The Morgan fingerprint density at radius 2 is 1.94 bits per heavy atom. The number of benzene rings is 1.